The third-order valence-corrected chi connectivity index (χ3v) is 4.69. The molecule has 23 heavy (non-hydrogen) atoms. The zero-order valence-corrected chi connectivity index (χ0v) is 13.3. The first-order valence-electron chi connectivity index (χ1n) is 6.80. The molecule has 0 aliphatic carbocycles. The quantitative estimate of drug-likeness (QED) is 0.750. The minimum absolute atomic E-state index is 0.00463. The highest BCUT2D eigenvalue weighted by Gasteiger charge is 2.21. The molecule has 0 radical (unpaired) electrons. The number of carbonyl (C=O) groups is 1. The largest absolute Gasteiger partial charge is 0.369 e. The van der Waals surface area contributed by atoms with Gasteiger partial charge in [-0.2, -0.15) is 5.10 Å². The second kappa shape index (κ2) is 6.88. The SMILES string of the molecule is Cn1cc(S(=O)(=O)NCC(Cc2ccc(F)cc2)C(N)=O)cn1. The predicted octanol–water partition coefficient (Wildman–Crippen LogP) is 0.182. The lowest BCUT2D eigenvalue weighted by Gasteiger charge is -2.14. The van der Waals surface area contributed by atoms with E-state index in [9.17, 15) is 17.6 Å². The van der Waals surface area contributed by atoms with Gasteiger partial charge in [-0.05, 0) is 24.1 Å². The number of hydrogen-bond donors (Lipinski definition) is 2. The smallest absolute Gasteiger partial charge is 0.243 e. The van der Waals surface area contributed by atoms with Crippen LogP contribution in [0.15, 0.2) is 41.6 Å². The summed E-state index contributed by atoms with van der Waals surface area (Å²) >= 11 is 0. The van der Waals surface area contributed by atoms with Crippen molar-refractivity contribution in [1.29, 1.82) is 0 Å². The van der Waals surface area contributed by atoms with Crippen molar-refractivity contribution in [2.24, 2.45) is 18.7 Å². The molecule has 0 saturated carbocycles. The fourth-order valence-corrected chi connectivity index (χ4v) is 3.07. The van der Waals surface area contributed by atoms with Gasteiger partial charge in [0, 0.05) is 19.8 Å². The number of benzene rings is 1. The fourth-order valence-electron chi connectivity index (χ4n) is 2.01. The summed E-state index contributed by atoms with van der Waals surface area (Å²) in [5.41, 5.74) is 6.01. The van der Waals surface area contributed by atoms with Crippen LogP contribution in [0.4, 0.5) is 4.39 Å². The number of carbonyl (C=O) groups excluding carboxylic acids is 1. The van der Waals surface area contributed by atoms with Gasteiger partial charge in [0.1, 0.15) is 10.7 Å². The van der Waals surface area contributed by atoms with Crippen molar-refractivity contribution >= 4 is 15.9 Å². The van der Waals surface area contributed by atoms with Crippen LogP contribution >= 0.6 is 0 Å². The highest BCUT2D eigenvalue weighted by Crippen LogP contribution is 2.11. The van der Waals surface area contributed by atoms with Crippen LogP contribution in [-0.4, -0.2) is 30.7 Å². The van der Waals surface area contributed by atoms with Crippen molar-refractivity contribution in [1.82, 2.24) is 14.5 Å². The third kappa shape index (κ3) is 4.60. The Kier molecular flexibility index (Phi) is 5.12. The number of sulfonamides is 1. The highest BCUT2D eigenvalue weighted by molar-refractivity contribution is 7.89. The average molecular weight is 340 g/mol. The number of amides is 1. The van der Waals surface area contributed by atoms with Crippen LogP contribution in [0, 0.1) is 11.7 Å². The highest BCUT2D eigenvalue weighted by atomic mass is 32.2. The van der Waals surface area contributed by atoms with Gasteiger partial charge < -0.3 is 5.73 Å². The maximum absolute atomic E-state index is 12.9. The number of aryl methyl sites for hydroxylation is 1. The molecule has 0 bridgehead atoms. The lowest BCUT2D eigenvalue weighted by atomic mass is 9.99. The summed E-state index contributed by atoms with van der Waals surface area (Å²) in [6, 6.07) is 5.60. The topological polar surface area (TPSA) is 107 Å². The maximum atomic E-state index is 12.9. The molecule has 0 spiro atoms. The van der Waals surface area contributed by atoms with Crippen molar-refractivity contribution < 1.29 is 17.6 Å². The number of nitrogens with zero attached hydrogens (tertiary/aromatic N) is 2. The molecule has 1 aromatic carbocycles. The van der Waals surface area contributed by atoms with Crippen molar-refractivity contribution in [3.05, 3.63) is 48.0 Å². The van der Waals surface area contributed by atoms with Gasteiger partial charge in [0.05, 0.1) is 12.1 Å². The van der Waals surface area contributed by atoms with Crippen molar-refractivity contribution in [2.75, 3.05) is 6.54 Å². The summed E-state index contributed by atoms with van der Waals surface area (Å²) < 4.78 is 40.8. The number of primary amides is 1. The van der Waals surface area contributed by atoms with Crippen molar-refractivity contribution in [3.8, 4) is 0 Å². The lowest BCUT2D eigenvalue weighted by molar-refractivity contribution is -0.121. The molecule has 1 heterocycles. The number of hydrogen-bond acceptors (Lipinski definition) is 4. The average Bonchev–Trinajstić information content (AvgIpc) is 2.92. The van der Waals surface area contributed by atoms with Gasteiger partial charge in [0.25, 0.3) is 0 Å². The summed E-state index contributed by atoms with van der Waals surface area (Å²) in [4.78, 5) is 11.5. The normalized spacial score (nSPS) is 13.0. The number of rotatable bonds is 7. The van der Waals surface area contributed by atoms with E-state index in [2.05, 4.69) is 9.82 Å². The van der Waals surface area contributed by atoms with Gasteiger partial charge in [-0.3, -0.25) is 9.48 Å². The molecule has 2 aromatic rings. The standard InChI is InChI=1S/C14H17FN4O3S/c1-19-9-13(8-17-19)23(21,22)18-7-11(14(16)20)6-10-2-4-12(15)5-3-10/h2-5,8-9,11,18H,6-7H2,1H3,(H2,16,20). The van der Waals surface area contributed by atoms with Gasteiger partial charge >= 0.3 is 0 Å². The molecule has 9 heteroatoms. The number of halogens is 1. The van der Waals surface area contributed by atoms with E-state index in [1.54, 1.807) is 7.05 Å². The summed E-state index contributed by atoms with van der Waals surface area (Å²) in [7, 11) is -2.17. The zero-order valence-electron chi connectivity index (χ0n) is 12.4. The Morgan fingerprint density at radius 2 is 2.04 bits per heavy atom. The Morgan fingerprint density at radius 3 is 2.57 bits per heavy atom. The Morgan fingerprint density at radius 1 is 1.39 bits per heavy atom. The molecule has 124 valence electrons. The van der Waals surface area contributed by atoms with E-state index in [1.165, 1.54) is 41.3 Å². The fraction of sp³-hybridized carbons (Fsp3) is 0.286. The molecule has 3 N–H and O–H groups in total. The maximum Gasteiger partial charge on any atom is 0.243 e. The second-order valence-electron chi connectivity index (χ2n) is 5.13. The van der Waals surface area contributed by atoms with Crippen LogP contribution in [0.25, 0.3) is 0 Å². The molecule has 7 nitrogen and oxygen atoms in total. The van der Waals surface area contributed by atoms with Crippen LogP contribution < -0.4 is 10.5 Å². The van der Waals surface area contributed by atoms with Gasteiger partial charge in [-0.15, -0.1) is 0 Å². The molecular formula is C14H17FN4O3S. The third-order valence-electron chi connectivity index (χ3n) is 3.31. The summed E-state index contributed by atoms with van der Waals surface area (Å²) in [5.74, 6) is -1.77. The summed E-state index contributed by atoms with van der Waals surface area (Å²) in [6.07, 6.45) is 2.77. The van der Waals surface area contributed by atoms with Gasteiger partial charge in [0.2, 0.25) is 15.9 Å². The van der Waals surface area contributed by atoms with Crippen LogP contribution in [-0.2, 0) is 28.3 Å². The first-order chi connectivity index (χ1) is 10.8. The first-order valence-corrected chi connectivity index (χ1v) is 8.28. The molecule has 2 rings (SSSR count). The van der Waals surface area contributed by atoms with E-state index < -0.39 is 21.8 Å². The number of nitrogens with two attached hydrogens (primary N) is 1. The minimum Gasteiger partial charge on any atom is -0.369 e. The summed E-state index contributed by atoms with van der Waals surface area (Å²) in [6.45, 7) is -0.149. The van der Waals surface area contributed by atoms with Crippen LogP contribution in [0.3, 0.4) is 0 Å². The second-order valence-corrected chi connectivity index (χ2v) is 6.90. The number of nitrogens with one attached hydrogen (secondary N) is 1. The van der Waals surface area contributed by atoms with Crippen molar-refractivity contribution in [2.45, 2.75) is 11.3 Å². The molecular weight excluding hydrogens is 323 g/mol. The van der Waals surface area contributed by atoms with E-state index in [0.29, 0.717) is 5.56 Å². The monoisotopic (exact) mass is 340 g/mol. The lowest BCUT2D eigenvalue weighted by Crippen LogP contribution is -2.37. The molecule has 1 atom stereocenters. The molecule has 0 fully saturated rings. The van der Waals surface area contributed by atoms with Crippen molar-refractivity contribution in [3.63, 3.8) is 0 Å². The molecule has 1 unspecified atom stereocenters. The molecule has 0 aliphatic rings. The van der Waals surface area contributed by atoms with E-state index in [1.807, 2.05) is 0 Å². The van der Waals surface area contributed by atoms with Crippen LogP contribution in [0.5, 0.6) is 0 Å². The number of aromatic nitrogens is 2. The van der Waals surface area contributed by atoms with Gasteiger partial charge in [0.15, 0.2) is 0 Å². The molecule has 0 aliphatic heterocycles. The van der Waals surface area contributed by atoms with E-state index in [-0.39, 0.29) is 23.7 Å². The molecule has 1 aromatic heterocycles. The van der Waals surface area contributed by atoms with Gasteiger partial charge in [-0.1, -0.05) is 12.1 Å². The Labute approximate surface area is 133 Å². The molecule has 1 amide bonds. The Hall–Kier alpha value is -2.26. The predicted molar refractivity (Wildman–Crippen MR) is 81.2 cm³/mol. The van der Waals surface area contributed by atoms with Crippen LogP contribution in [0.1, 0.15) is 5.56 Å². The zero-order chi connectivity index (χ0) is 17.0. The van der Waals surface area contributed by atoms with Crippen LogP contribution in [0.2, 0.25) is 0 Å². The van der Waals surface area contributed by atoms with E-state index in [4.69, 9.17) is 5.73 Å². The summed E-state index contributed by atoms with van der Waals surface area (Å²) in [5, 5.41) is 3.79. The molecule has 0 saturated heterocycles. The Bertz CT molecular complexity index is 787. The Balaban J connectivity index is 2.05. The van der Waals surface area contributed by atoms with E-state index in [0.717, 1.165) is 0 Å². The first kappa shape index (κ1) is 17.1. The minimum atomic E-state index is -3.77. The van der Waals surface area contributed by atoms with E-state index >= 15 is 0 Å². The van der Waals surface area contributed by atoms with Gasteiger partial charge in [-0.25, -0.2) is 17.5 Å².